The third-order valence-corrected chi connectivity index (χ3v) is 6.41. The summed E-state index contributed by atoms with van der Waals surface area (Å²) in [6.45, 7) is 13.5. The van der Waals surface area contributed by atoms with Gasteiger partial charge in [-0.25, -0.2) is 0 Å². The Bertz CT molecular complexity index is 1290. The molecule has 0 saturated heterocycles. The van der Waals surface area contributed by atoms with Gasteiger partial charge in [0.1, 0.15) is 11.5 Å². The van der Waals surface area contributed by atoms with Gasteiger partial charge in [0.05, 0.1) is 0 Å². The Balaban J connectivity index is 1.91. The number of rotatable bonds is 2. The van der Waals surface area contributed by atoms with Gasteiger partial charge >= 0.3 is 0 Å². The van der Waals surface area contributed by atoms with E-state index in [2.05, 4.69) is 90.1 Å². The van der Waals surface area contributed by atoms with Gasteiger partial charge in [0, 0.05) is 16.5 Å². The van der Waals surface area contributed by atoms with Gasteiger partial charge in [-0.2, -0.15) is 0 Å². The van der Waals surface area contributed by atoms with Gasteiger partial charge in [-0.1, -0.05) is 64.1 Å². The zero-order chi connectivity index (χ0) is 20.4. The minimum absolute atomic E-state index is 0.471. The average Bonchev–Trinajstić information content (AvgIpc) is 2.68. The quantitative estimate of drug-likeness (QED) is 0.298. The van der Waals surface area contributed by atoms with Crippen LogP contribution >= 0.6 is 0 Å². The molecule has 146 valence electrons. The van der Waals surface area contributed by atoms with Crippen molar-refractivity contribution < 1.29 is 4.74 Å². The fraction of sp³-hybridized carbons (Fsp3) is 0.286. The molecule has 0 unspecified atom stereocenters. The largest absolute Gasteiger partial charge is 0.456 e. The molecule has 0 saturated carbocycles. The van der Waals surface area contributed by atoms with Crippen molar-refractivity contribution in [2.24, 2.45) is 0 Å². The van der Waals surface area contributed by atoms with Gasteiger partial charge in [-0.3, -0.25) is 0 Å². The molecular formula is C28H28O. The predicted octanol–water partition coefficient (Wildman–Crippen LogP) is 8.63. The monoisotopic (exact) mass is 380 g/mol. The van der Waals surface area contributed by atoms with Crippen molar-refractivity contribution in [1.29, 1.82) is 0 Å². The lowest BCUT2D eigenvalue weighted by molar-refractivity contribution is 0.486. The normalized spacial score (nSPS) is 12.7. The zero-order valence-electron chi connectivity index (χ0n) is 18.2. The SMILES string of the molecule is Cc1ccc2cc(C(C)C)cc3c2c1-c1c(ccc2cc(C(C)C)cc(C)c12)O3. The first kappa shape index (κ1) is 18.2. The summed E-state index contributed by atoms with van der Waals surface area (Å²) in [7, 11) is 0. The van der Waals surface area contributed by atoms with Crippen LogP contribution in [0, 0.1) is 13.8 Å². The van der Waals surface area contributed by atoms with E-state index in [4.69, 9.17) is 4.74 Å². The Kier molecular flexibility index (Phi) is 4.00. The predicted molar refractivity (Wildman–Crippen MR) is 125 cm³/mol. The molecule has 1 aliphatic rings. The molecule has 4 aromatic carbocycles. The Labute approximate surface area is 173 Å². The average molecular weight is 381 g/mol. The summed E-state index contributed by atoms with van der Waals surface area (Å²) in [6.07, 6.45) is 0. The maximum Gasteiger partial charge on any atom is 0.136 e. The fourth-order valence-corrected chi connectivity index (χ4v) is 4.76. The summed E-state index contributed by atoms with van der Waals surface area (Å²) in [5.41, 5.74) is 7.93. The van der Waals surface area contributed by atoms with Crippen molar-refractivity contribution in [2.45, 2.75) is 53.4 Å². The van der Waals surface area contributed by atoms with Crippen LogP contribution in [0.4, 0.5) is 0 Å². The molecule has 0 aliphatic carbocycles. The first-order chi connectivity index (χ1) is 13.8. The molecule has 0 fully saturated rings. The smallest absolute Gasteiger partial charge is 0.136 e. The second-order valence-electron chi connectivity index (χ2n) is 9.16. The van der Waals surface area contributed by atoms with E-state index < -0.39 is 0 Å². The third-order valence-electron chi connectivity index (χ3n) is 6.41. The second kappa shape index (κ2) is 6.35. The Morgan fingerprint density at radius 1 is 0.586 bits per heavy atom. The van der Waals surface area contributed by atoms with Crippen LogP contribution in [0.3, 0.4) is 0 Å². The van der Waals surface area contributed by atoms with Crippen LogP contribution in [0.25, 0.3) is 32.7 Å². The van der Waals surface area contributed by atoms with Crippen molar-refractivity contribution in [1.82, 2.24) is 0 Å². The number of hydrogen-bond acceptors (Lipinski definition) is 1. The van der Waals surface area contributed by atoms with Gasteiger partial charge in [0.2, 0.25) is 0 Å². The van der Waals surface area contributed by atoms with Crippen molar-refractivity contribution in [3.8, 4) is 22.6 Å². The van der Waals surface area contributed by atoms with Gasteiger partial charge < -0.3 is 4.74 Å². The second-order valence-corrected chi connectivity index (χ2v) is 9.16. The molecule has 0 atom stereocenters. The van der Waals surface area contributed by atoms with Crippen LogP contribution in [0.2, 0.25) is 0 Å². The topological polar surface area (TPSA) is 9.23 Å². The maximum atomic E-state index is 6.54. The first-order valence-corrected chi connectivity index (χ1v) is 10.7. The first-order valence-electron chi connectivity index (χ1n) is 10.7. The van der Waals surface area contributed by atoms with E-state index in [1.165, 1.54) is 54.9 Å². The highest BCUT2D eigenvalue weighted by atomic mass is 16.5. The van der Waals surface area contributed by atoms with E-state index in [1.807, 2.05) is 0 Å². The Morgan fingerprint density at radius 2 is 1.21 bits per heavy atom. The molecule has 1 heteroatoms. The highest BCUT2D eigenvalue weighted by Crippen LogP contribution is 2.52. The standard InChI is InChI=1S/C28H28O/c1-15(2)21-11-18(6)25-19(12-21)9-10-23-28(25)26-17(5)7-8-20-13-22(16(3)4)14-24(29-23)27(20)26/h7-16H,1-6H3. The molecule has 0 bridgehead atoms. The molecule has 0 radical (unpaired) electrons. The van der Waals surface area contributed by atoms with E-state index in [9.17, 15) is 0 Å². The maximum absolute atomic E-state index is 6.54. The number of benzene rings is 4. The highest BCUT2D eigenvalue weighted by molar-refractivity contribution is 6.13. The lowest BCUT2D eigenvalue weighted by Gasteiger charge is -2.26. The zero-order valence-corrected chi connectivity index (χ0v) is 18.2. The van der Waals surface area contributed by atoms with E-state index in [1.54, 1.807) is 0 Å². The minimum Gasteiger partial charge on any atom is -0.456 e. The van der Waals surface area contributed by atoms with Crippen molar-refractivity contribution in [3.05, 3.63) is 70.8 Å². The van der Waals surface area contributed by atoms with Crippen molar-refractivity contribution >= 4 is 21.5 Å². The van der Waals surface area contributed by atoms with E-state index in [0.717, 1.165) is 11.5 Å². The summed E-state index contributed by atoms with van der Waals surface area (Å²) in [4.78, 5) is 0. The van der Waals surface area contributed by atoms with Crippen molar-refractivity contribution in [3.63, 3.8) is 0 Å². The number of hydrogen-bond donors (Lipinski definition) is 0. The van der Waals surface area contributed by atoms with Crippen LogP contribution in [-0.2, 0) is 0 Å². The summed E-state index contributed by atoms with van der Waals surface area (Å²) in [5.74, 6) is 2.96. The van der Waals surface area contributed by atoms with Gasteiger partial charge in [0.15, 0.2) is 0 Å². The van der Waals surface area contributed by atoms with Gasteiger partial charge in [0.25, 0.3) is 0 Å². The molecule has 1 aliphatic heterocycles. The Hall–Kier alpha value is -2.80. The number of fused-ring (bicyclic) bond motifs is 4. The van der Waals surface area contributed by atoms with Crippen LogP contribution in [0.1, 0.15) is 61.8 Å². The third kappa shape index (κ3) is 2.68. The lowest BCUT2D eigenvalue weighted by atomic mass is 9.84. The number of aryl methyl sites for hydroxylation is 2. The molecule has 0 spiro atoms. The van der Waals surface area contributed by atoms with Crippen molar-refractivity contribution in [2.75, 3.05) is 0 Å². The summed E-state index contributed by atoms with van der Waals surface area (Å²) >= 11 is 0. The summed E-state index contributed by atoms with van der Waals surface area (Å²) in [5, 5.41) is 5.14. The van der Waals surface area contributed by atoms with Crippen LogP contribution in [0.5, 0.6) is 11.5 Å². The highest BCUT2D eigenvalue weighted by Gasteiger charge is 2.25. The van der Waals surface area contributed by atoms with Crippen LogP contribution in [0.15, 0.2) is 48.5 Å². The molecule has 5 rings (SSSR count). The molecule has 1 nitrogen and oxygen atoms in total. The molecule has 29 heavy (non-hydrogen) atoms. The molecular weight excluding hydrogens is 352 g/mol. The van der Waals surface area contributed by atoms with Gasteiger partial charge in [-0.05, 0) is 76.2 Å². The van der Waals surface area contributed by atoms with Crippen LogP contribution in [-0.4, -0.2) is 0 Å². The number of ether oxygens (including phenoxy) is 1. The minimum atomic E-state index is 0.471. The molecule has 0 N–H and O–H groups in total. The van der Waals surface area contributed by atoms with Gasteiger partial charge in [-0.15, -0.1) is 0 Å². The fourth-order valence-electron chi connectivity index (χ4n) is 4.76. The van der Waals surface area contributed by atoms with E-state index in [-0.39, 0.29) is 0 Å². The Morgan fingerprint density at radius 3 is 1.90 bits per heavy atom. The molecule has 1 heterocycles. The van der Waals surface area contributed by atoms with E-state index >= 15 is 0 Å². The summed E-state index contributed by atoms with van der Waals surface area (Å²) in [6, 6.07) is 18.1. The summed E-state index contributed by atoms with van der Waals surface area (Å²) < 4.78 is 6.54. The molecule has 0 aromatic heterocycles. The van der Waals surface area contributed by atoms with E-state index in [0.29, 0.717) is 11.8 Å². The van der Waals surface area contributed by atoms with Crippen LogP contribution < -0.4 is 4.74 Å². The molecule has 0 amide bonds. The lowest BCUT2D eigenvalue weighted by Crippen LogP contribution is -2.02. The molecule has 4 aromatic rings.